The molecule has 0 radical (unpaired) electrons. The van der Waals surface area contributed by atoms with Crippen LogP contribution >= 0.6 is 0 Å². The lowest BCUT2D eigenvalue weighted by molar-refractivity contribution is -0.130. The number of rotatable bonds is 5. The molecule has 1 saturated heterocycles. The van der Waals surface area contributed by atoms with E-state index in [1.54, 1.807) is 6.08 Å². The Balaban J connectivity index is 1.78. The van der Waals surface area contributed by atoms with E-state index in [0.717, 1.165) is 30.7 Å². The van der Waals surface area contributed by atoms with Gasteiger partial charge in [0.05, 0.1) is 0 Å². The maximum Gasteiger partial charge on any atom is 0.244 e. The number of nitrogens with one attached hydrogen (secondary N) is 1. The van der Waals surface area contributed by atoms with Crippen molar-refractivity contribution in [3.05, 3.63) is 42.5 Å². The van der Waals surface area contributed by atoms with Gasteiger partial charge in [-0.05, 0) is 37.5 Å². The predicted molar refractivity (Wildman–Crippen MR) is 77.4 cm³/mol. The molecule has 1 N–H and O–H groups in total. The molecule has 1 saturated carbocycles. The van der Waals surface area contributed by atoms with Crippen LogP contribution in [-0.2, 0) is 4.79 Å². The van der Waals surface area contributed by atoms with Crippen molar-refractivity contribution in [2.45, 2.75) is 31.5 Å². The Labute approximate surface area is 119 Å². The smallest absolute Gasteiger partial charge is 0.244 e. The summed E-state index contributed by atoms with van der Waals surface area (Å²) in [5.74, 6) is 1.07. The van der Waals surface area contributed by atoms with Crippen LogP contribution in [-0.4, -0.2) is 29.5 Å². The highest BCUT2D eigenvalue weighted by atomic mass is 16.5. The molecule has 4 nitrogen and oxygen atoms in total. The van der Waals surface area contributed by atoms with Gasteiger partial charge >= 0.3 is 0 Å². The molecule has 0 bridgehead atoms. The fraction of sp³-hybridized carbons (Fsp3) is 0.438. The monoisotopic (exact) mass is 272 g/mol. The first kappa shape index (κ1) is 13.2. The van der Waals surface area contributed by atoms with Crippen molar-refractivity contribution < 1.29 is 9.53 Å². The van der Waals surface area contributed by atoms with Crippen LogP contribution in [0.2, 0.25) is 0 Å². The van der Waals surface area contributed by atoms with Crippen LogP contribution in [0.15, 0.2) is 36.9 Å². The molecule has 1 aromatic rings. The summed E-state index contributed by atoms with van der Waals surface area (Å²) in [5, 5.41) is 3.49. The van der Waals surface area contributed by atoms with Crippen molar-refractivity contribution in [3.8, 4) is 5.75 Å². The molecule has 1 unspecified atom stereocenters. The average Bonchev–Trinajstić information content (AvgIpc) is 3.20. The van der Waals surface area contributed by atoms with Gasteiger partial charge in [0.25, 0.3) is 0 Å². The fourth-order valence-corrected chi connectivity index (χ4v) is 2.77. The minimum atomic E-state index is -0.265. The SMILES string of the molecule is C=CCOc1ccc(C2NC3(CC3)C(=O)N2CC)cc1. The molecule has 1 atom stereocenters. The molecule has 1 heterocycles. The molecule has 1 aliphatic carbocycles. The van der Waals surface area contributed by atoms with E-state index in [-0.39, 0.29) is 17.6 Å². The van der Waals surface area contributed by atoms with Crippen molar-refractivity contribution in [3.63, 3.8) is 0 Å². The van der Waals surface area contributed by atoms with E-state index in [1.165, 1.54) is 0 Å². The lowest BCUT2D eigenvalue weighted by Crippen LogP contribution is -2.32. The van der Waals surface area contributed by atoms with E-state index < -0.39 is 0 Å². The minimum Gasteiger partial charge on any atom is -0.490 e. The Morgan fingerprint density at radius 3 is 2.70 bits per heavy atom. The molecule has 20 heavy (non-hydrogen) atoms. The van der Waals surface area contributed by atoms with Crippen LogP contribution in [0.5, 0.6) is 5.75 Å². The first-order valence-corrected chi connectivity index (χ1v) is 7.12. The highest BCUT2D eigenvalue weighted by molar-refractivity contribution is 5.92. The van der Waals surface area contributed by atoms with Crippen molar-refractivity contribution in [2.75, 3.05) is 13.2 Å². The standard InChI is InChI=1S/C16H20N2O2/c1-3-11-20-13-7-5-12(6-8-13)14-17-16(9-10-16)15(19)18(14)4-2/h3,5-8,14,17H,1,4,9-11H2,2H3. The highest BCUT2D eigenvalue weighted by Crippen LogP contribution is 2.45. The van der Waals surface area contributed by atoms with Gasteiger partial charge in [-0.2, -0.15) is 0 Å². The Bertz CT molecular complexity index is 520. The third kappa shape index (κ3) is 2.10. The molecule has 2 fully saturated rings. The molecule has 0 aromatic heterocycles. The number of likely N-dealkylation sites (N-methyl/N-ethyl adjacent to an activating group) is 1. The maximum absolute atomic E-state index is 12.3. The Hall–Kier alpha value is -1.81. The number of carbonyl (C=O) groups is 1. The third-order valence-corrected chi connectivity index (χ3v) is 4.05. The molecule has 1 aromatic carbocycles. The van der Waals surface area contributed by atoms with Gasteiger partial charge in [0.1, 0.15) is 24.1 Å². The van der Waals surface area contributed by atoms with E-state index in [9.17, 15) is 4.79 Å². The van der Waals surface area contributed by atoms with Gasteiger partial charge in [0.2, 0.25) is 5.91 Å². The number of hydrogen-bond acceptors (Lipinski definition) is 3. The van der Waals surface area contributed by atoms with Crippen molar-refractivity contribution in [1.29, 1.82) is 0 Å². The van der Waals surface area contributed by atoms with Gasteiger partial charge in [0.15, 0.2) is 0 Å². The molecule has 3 rings (SSSR count). The zero-order valence-corrected chi connectivity index (χ0v) is 11.8. The molecule has 2 aliphatic rings. The second kappa shape index (κ2) is 4.94. The van der Waals surface area contributed by atoms with E-state index in [0.29, 0.717) is 6.61 Å². The summed E-state index contributed by atoms with van der Waals surface area (Å²) >= 11 is 0. The van der Waals surface area contributed by atoms with Crippen molar-refractivity contribution in [1.82, 2.24) is 10.2 Å². The summed E-state index contributed by atoms with van der Waals surface area (Å²) in [4.78, 5) is 14.3. The summed E-state index contributed by atoms with van der Waals surface area (Å²) in [5.41, 5.74) is 0.841. The third-order valence-electron chi connectivity index (χ3n) is 4.05. The van der Waals surface area contributed by atoms with Gasteiger partial charge in [-0.1, -0.05) is 24.8 Å². The maximum atomic E-state index is 12.3. The molecular weight excluding hydrogens is 252 g/mol. The van der Waals surface area contributed by atoms with Gasteiger partial charge in [-0.3, -0.25) is 10.1 Å². The highest BCUT2D eigenvalue weighted by Gasteiger charge is 2.58. The molecule has 1 aliphatic heterocycles. The Kier molecular flexibility index (Phi) is 3.26. The van der Waals surface area contributed by atoms with E-state index in [2.05, 4.69) is 11.9 Å². The van der Waals surface area contributed by atoms with Crippen molar-refractivity contribution >= 4 is 5.91 Å². The number of amides is 1. The quantitative estimate of drug-likeness (QED) is 0.836. The zero-order valence-electron chi connectivity index (χ0n) is 11.8. The summed E-state index contributed by atoms with van der Waals surface area (Å²) < 4.78 is 5.48. The summed E-state index contributed by atoms with van der Waals surface area (Å²) in [7, 11) is 0. The molecule has 106 valence electrons. The van der Waals surface area contributed by atoms with Gasteiger partial charge in [-0.15, -0.1) is 0 Å². The first-order chi connectivity index (χ1) is 9.70. The second-order valence-corrected chi connectivity index (χ2v) is 5.39. The number of ether oxygens (including phenoxy) is 1. The van der Waals surface area contributed by atoms with E-state index >= 15 is 0 Å². The number of benzene rings is 1. The predicted octanol–water partition coefficient (Wildman–Crippen LogP) is 2.23. The molecule has 1 amide bonds. The summed E-state index contributed by atoms with van der Waals surface area (Å²) in [6.45, 7) is 6.89. The number of carbonyl (C=O) groups excluding carboxylic acids is 1. The second-order valence-electron chi connectivity index (χ2n) is 5.39. The molecular formula is C16H20N2O2. The number of hydrogen-bond donors (Lipinski definition) is 1. The Morgan fingerprint density at radius 2 is 2.15 bits per heavy atom. The summed E-state index contributed by atoms with van der Waals surface area (Å²) in [6, 6.07) is 7.92. The lowest BCUT2D eigenvalue weighted by atomic mass is 10.1. The van der Waals surface area contributed by atoms with E-state index in [1.807, 2.05) is 36.1 Å². The van der Waals surface area contributed by atoms with Gasteiger partial charge in [-0.25, -0.2) is 0 Å². The average molecular weight is 272 g/mol. The van der Waals surface area contributed by atoms with Crippen LogP contribution in [0.25, 0.3) is 0 Å². The van der Waals surface area contributed by atoms with Gasteiger partial charge < -0.3 is 9.64 Å². The van der Waals surface area contributed by atoms with Crippen molar-refractivity contribution in [2.24, 2.45) is 0 Å². The molecule has 4 heteroatoms. The fourth-order valence-electron chi connectivity index (χ4n) is 2.77. The van der Waals surface area contributed by atoms with E-state index in [4.69, 9.17) is 4.74 Å². The number of nitrogens with zero attached hydrogens (tertiary/aromatic N) is 1. The Morgan fingerprint density at radius 1 is 1.45 bits per heavy atom. The first-order valence-electron chi connectivity index (χ1n) is 7.12. The van der Waals surface area contributed by atoms with Crippen LogP contribution in [0.3, 0.4) is 0 Å². The van der Waals surface area contributed by atoms with Crippen LogP contribution in [0.1, 0.15) is 31.5 Å². The minimum absolute atomic E-state index is 0.0107. The van der Waals surface area contributed by atoms with Crippen LogP contribution < -0.4 is 10.1 Å². The van der Waals surface area contributed by atoms with Crippen LogP contribution in [0, 0.1) is 0 Å². The largest absolute Gasteiger partial charge is 0.490 e. The van der Waals surface area contributed by atoms with Crippen LogP contribution in [0.4, 0.5) is 0 Å². The normalized spacial score (nSPS) is 23.1. The topological polar surface area (TPSA) is 41.6 Å². The lowest BCUT2D eigenvalue weighted by Gasteiger charge is -2.23. The molecule has 1 spiro atoms. The summed E-state index contributed by atoms with van der Waals surface area (Å²) in [6.07, 6.45) is 3.63. The van der Waals surface area contributed by atoms with Gasteiger partial charge in [0, 0.05) is 6.54 Å². The zero-order chi connectivity index (χ0) is 14.2.